The first kappa shape index (κ1) is 26.3. The number of amides is 1. The van der Waals surface area contributed by atoms with E-state index < -0.39 is 22.9 Å². The number of non-ortho nitro benzene ring substituents is 1. The lowest BCUT2D eigenvalue weighted by atomic mass is 10.0. The summed E-state index contributed by atoms with van der Waals surface area (Å²) in [6.45, 7) is 0.122. The van der Waals surface area contributed by atoms with Gasteiger partial charge in [-0.15, -0.1) is 11.6 Å². The van der Waals surface area contributed by atoms with Crippen molar-refractivity contribution in [3.8, 4) is 11.1 Å². The molecular formula is C27H22Cl2N2O6. The number of carbonyl (C=O) groups is 3. The minimum Gasteiger partial charge on any atom is -0.454 e. The van der Waals surface area contributed by atoms with E-state index in [4.69, 9.17) is 27.9 Å². The highest BCUT2D eigenvalue weighted by Crippen LogP contribution is 2.30. The number of anilines is 1. The number of halogens is 2. The molecule has 0 aromatic heterocycles. The van der Waals surface area contributed by atoms with Gasteiger partial charge < -0.3 is 9.64 Å². The summed E-state index contributed by atoms with van der Waals surface area (Å²) in [6.07, 6.45) is -0.953. The Morgan fingerprint density at radius 3 is 2.16 bits per heavy atom. The van der Waals surface area contributed by atoms with E-state index in [0.29, 0.717) is 16.3 Å². The van der Waals surface area contributed by atoms with Crippen molar-refractivity contribution in [2.45, 2.75) is 18.9 Å². The second-order valence-electron chi connectivity index (χ2n) is 8.53. The van der Waals surface area contributed by atoms with E-state index in [0.717, 1.165) is 11.1 Å². The summed E-state index contributed by atoms with van der Waals surface area (Å²) in [7, 11) is 0. The predicted molar refractivity (Wildman–Crippen MR) is 140 cm³/mol. The standard InChI is InChI=1S/C27H22Cl2N2O6/c28-14-13-24(26(33)19-1-7-21(29)8-2-19)37-27(34)20-15-25(32)30(16-20)22-9-3-17(4-10-22)18-5-11-23(12-6-18)31(35)36/h1-12,20,24H,13-16H2/t20-,24+/m1/s1. The molecule has 4 rings (SSSR count). The number of alkyl halides is 1. The minimum atomic E-state index is -1.06. The molecule has 1 aliphatic heterocycles. The molecule has 0 radical (unpaired) electrons. The van der Waals surface area contributed by atoms with Crippen LogP contribution in [-0.2, 0) is 14.3 Å². The molecule has 0 spiro atoms. The number of benzene rings is 3. The van der Waals surface area contributed by atoms with Gasteiger partial charge in [0.05, 0.1) is 10.8 Å². The van der Waals surface area contributed by atoms with Gasteiger partial charge in [-0.2, -0.15) is 0 Å². The number of nitro groups is 1. The summed E-state index contributed by atoms with van der Waals surface area (Å²) < 4.78 is 5.52. The van der Waals surface area contributed by atoms with Crippen molar-refractivity contribution in [2.75, 3.05) is 17.3 Å². The van der Waals surface area contributed by atoms with Gasteiger partial charge in [-0.25, -0.2) is 0 Å². The van der Waals surface area contributed by atoms with E-state index in [-0.39, 0.29) is 42.6 Å². The molecule has 1 amide bonds. The Morgan fingerprint density at radius 2 is 1.59 bits per heavy atom. The topological polar surface area (TPSA) is 107 Å². The van der Waals surface area contributed by atoms with Crippen LogP contribution in [0.5, 0.6) is 0 Å². The minimum absolute atomic E-state index is 0.00381. The van der Waals surface area contributed by atoms with Crippen LogP contribution in [0.25, 0.3) is 11.1 Å². The Kier molecular flexibility index (Phi) is 8.21. The zero-order chi connectivity index (χ0) is 26.5. The van der Waals surface area contributed by atoms with Crippen LogP contribution < -0.4 is 4.90 Å². The molecule has 0 aliphatic carbocycles. The third-order valence-electron chi connectivity index (χ3n) is 6.10. The summed E-state index contributed by atoms with van der Waals surface area (Å²) in [5.41, 5.74) is 2.59. The maximum Gasteiger partial charge on any atom is 0.312 e. The molecule has 2 atom stereocenters. The van der Waals surface area contributed by atoms with Crippen molar-refractivity contribution in [1.82, 2.24) is 0 Å². The molecule has 8 nitrogen and oxygen atoms in total. The number of ketones is 1. The number of hydrogen-bond donors (Lipinski definition) is 0. The highest BCUT2D eigenvalue weighted by Gasteiger charge is 2.38. The lowest BCUT2D eigenvalue weighted by Gasteiger charge is -2.19. The fourth-order valence-corrected chi connectivity index (χ4v) is 4.43. The van der Waals surface area contributed by atoms with E-state index in [2.05, 4.69) is 0 Å². The van der Waals surface area contributed by atoms with Crippen LogP contribution >= 0.6 is 23.2 Å². The summed E-state index contributed by atoms with van der Waals surface area (Å²) in [6, 6.07) is 19.5. The molecule has 37 heavy (non-hydrogen) atoms. The van der Waals surface area contributed by atoms with Gasteiger partial charge in [-0.3, -0.25) is 24.5 Å². The SMILES string of the molecule is O=C(O[C@@H](CCCl)C(=O)c1ccc(Cl)cc1)[C@@H]1CC(=O)N(c2ccc(-c3ccc([N+](=O)[O-])cc3)cc2)C1. The molecule has 1 heterocycles. The molecule has 10 heteroatoms. The number of nitrogens with zero attached hydrogens (tertiary/aromatic N) is 2. The summed E-state index contributed by atoms with van der Waals surface area (Å²) >= 11 is 11.7. The van der Waals surface area contributed by atoms with Crippen molar-refractivity contribution < 1.29 is 24.0 Å². The average molecular weight is 541 g/mol. The zero-order valence-corrected chi connectivity index (χ0v) is 21.0. The maximum atomic E-state index is 12.9. The average Bonchev–Trinajstić information content (AvgIpc) is 3.30. The Hall–Kier alpha value is -3.75. The predicted octanol–water partition coefficient (Wildman–Crippen LogP) is 5.69. The third-order valence-corrected chi connectivity index (χ3v) is 6.57. The fourth-order valence-electron chi connectivity index (χ4n) is 4.10. The third kappa shape index (κ3) is 6.15. The normalized spacial score (nSPS) is 15.9. The van der Waals surface area contributed by atoms with E-state index in [9.17, 15) is 24.5 Å². The lowest BCUT2D eigenvalue weighted by molar-refractivity contribution is -0.384. The van der Waals surface area contributed by atoms with Crippen LogP contribution in [-0.4, -0.2) is 41.1 Å². The van der Waals surface area contributed by atoms with Crippen molar-refractivity contribution >= 4 is 52.2 Å². The van der Waals surface area contributed by atoms with Crippen LogP contribution in [0, 0.1) is 16.0 Å². The number of nitro benzene ring substituents is 1. The second-order valence-corrected chi connectivity index (χ2v) is 9.34. The highest BCUT2D eigenvalue weighted by molar-refractivity contribution is 6.30. The smallest absolute Gasteiger partial charge is 0.312 e. The van der Waals surface area contributed by atoms with Gasteiger partial charge in [-0.05, 0) is 59.7 Å². The molecule has 1 saturated heterocycles. The molecule has 1 fully saturated rings. The van der Waals surface area contributed by atoms with Gasteiger partial charge >= 0.3 is 5.97 Å². The monoisotopic (exact) mass is 540 g/mol. The Balaban J connectivity index is 1.42. The first-order chi connectivity index (χ1) is 17.8. The molecule has 1 aliphatic rings. The summed E-state index contributed by atoms with van der Waals surface area (Å²) in [5, 5.41) is 11.3. The van der Waals surface area contributed by atoms with Gasteiger partial charge in [0.1, 0.15) is 0 Å². The van der Waals surface area contributed by atoms with Gasteiger partial charge in [0.25, 0.3) is 5.69 Å². The number of hydrogen-bond acceptors (Lipinski definition) is 6. The Bertz CT molecular complexity index is 1310. The summed E-state index contributed by atoms with van der Waals surface area (Å²) in [4.78, 5) is 50.3. The Morgan fingerprint density at radius 1 is 1.00 bits per heavy atom. The van der Waals surface area contributed by atoms with E-state index in [1.54, 1.807) is 60.7 Å². The van der Waals surface area contributed by atoms with Crippen molar-refractivity contribution in [3.05, 3.63) is 93.5 Å². The highest BCUT2D eigenvalue weighted by atomic mass is 35.5. The van der Waals surface area contributed by atoms with E-state index in [1.807, 2.05) is 0 Å². The van der Waals surface area contributed by atoms with Gasteiger partial charge in [0.15, 0.2) is 6.10 Å². The summed E-state index contributed by atoms with van der Waals surface area (Å²) in [5.74, 6) is -1.85. The van der Waals surface area contributed by atoms with Gasteiger partial charge in [-0.1, -0.05) is 23.7 Å². The largest absolute Gasteiger partial charge is 0.454 e. The lowest BCUT2D eigenvalue weighted by Crippen LogP contribution is -2.32. The fraction of sp³-hybridized carbons (Fsp3) is 0.222. The second kappa shape index (κ2) is 11.5. The van der Waals surface area contributed by atoms with Gasteiger partial charge in [0, 0.05) is 53.7 Å². The van der Waals surface area contributed by atoms with Crippen LogP contribution in [0.15, 0.2) is 72.8 Å². The van der Waals surface area contributed by atoms with Crippen LogP contribution in [0.3, 0.4) is 0 Å². The number of rotatable bonds is 9. The first-order valence-electron chi connectivity index (χ1n) is 11.5. The number of ether oxygens (including phenoxy) is 1. The van der Waals surface area contributed by atoms with Crippen molar-refractivity contribution in [3.63, 3.8) is 0 Å². The molecule has 3 aromatic carbocycles. The molecular weight excluding hydrogens is 519 g/mol. The van der Waals surface area contributed by atoms with Crippen LogP contribution in [0.2, 0.25) is 5.02 Å². The molecule has 0 unspecified atom stereocenters. The number of carbonyl (C=O) groups excluding carboxylic acids is 3. The quantitative estimate of drug-likeness (QED) is 0.113. The first-order valence-corrected chi connectivity index (χ1v) is 12.4. The molecule has 0 saturated carbocycles. The zero-order valence-electron chi connectivity index (χ0n) is 19.5. The maximum absolute atomic E-state index is 12.9. The van der Waals surface area contributed by atoms with Gasteiger partial charge in [0.2, 0.25) is 11.7 Å². The van der Waals surface area contributed by atoms with E-state index in [1.165, 1.54) is 17.0 Å². The molecule has 3 aromatic rings. The van der Waals surface area contributed by atoms with Crippen molar-refractivity contribution in [2.24, 2.45) is 5.92 Å². The van der Waals surface area contributed by atoms with E-state index >= 15 is 0 Å². The van der Waals surface area contributed by atoms with Crippen LogP contribution in [0.4, 0.5) is 11.4 Å². The molecule has 0 N–H and O–H groups in total. The number of Topliss-reactive ketones (excluding diaryl/α,β-unsaturated/α-hetero) is 1. The van der Waals surface area contributed by atoms with Crippen LogP contribution in [0.1, 0.15) is 23.2 Å². The Labute approximate surface area is 222 Å². The number of esters is 1. The molecule has 0 bridgehead atoms. The molecule has 190 valence electrons. The van der Waals surface area contributed by atoms with Crippen molar-refractivity contribution in [1.29, 1.82) is 0 Å².